The highest BCUT2D eigenvalue weighted by atomic mass is 15.3. The van der Waals surface area contributed by atoms with Gasteiger partial charge in [0.25, 0.3) is 0 Å². The Bertz CT molecular complexity index is 401. The van der Waals surface area contributed by atoms with Gasteiger partial charge in [0.05, 0.1) is 0 Å². The molecule has 1 fully saturated rings. The van der Waals surface area contributed by atoms with Crippen LogP contribution in [0.5, 0.6) is 0 Å². The summed E-state index contributed by atoms with van der Waals surface area (Å²) >= 11 is 0. The van der Waals surface area contributed by atoms with E-state index in [1.54, 1.807) is 6.33 Å². The quantitative estimate of drug-likeness (QED) is 0.631. The second-order valence-corrected chi connectivity index (χ2v) is 5.32. The first-order valence-corrected chi connectivity index (χ1v) is 7.31. The molecule has 1 aliphatic rings. The van der Waals surface area contributed by atoms with Crippen LogP contribution in [0.1, 0.15) is 51.0 Å². The number of aromatic nitrogens is 2. The van der Waals surface area contributed by atoms with Crippen molar-refractivity contribution in [3.63, 3.8) is 0 Å². The molecule has 1 saturated carbocycles. The highest BCUT2D eigenvalue weighted by Crippen LogP contribution is 2.29. The highest BCUT2D eigenvalue weighted by Gasteiger charge is 2.22. The predicted molar refractivity (Wildman–Crippen MR) is 79.1 cm³/mol. The molecule has 2 rings (SSSR count). The molecule has 1 heterocycles. The van der Waals surface area contributed by atoms with Gasteiger partial charge in [-0.25, -0.2) is 15.8 Å². The normalized spacial score (nSPS) is 16.4. The van der Waals surface area contributed by atoms with Crippen LogP contribution in [-0.4, -0.2) is 23.1 Å². The van der Waals surface area contributed by atoms with E-state index in [0.717, 1.165) is 30.0 Å². The molecular weight excluding hydrogens is 238 g/mol. The molecule has 5 nitrogen and oxygen atoms in total. The lowest BCUT2D eigenvalue weighted by Gasteiger charge is -2.33. The molecular formula is C14H25N5. The van der Waals surface area contributed by atoms with Crippen molar-refractivity contribution in [1.82, 2.24) is 9.97 Å². The van der Waals surface area contributed by atoms with Crippen LogP contribution in [0.25, 0.3) is 0 Å². The summed E-state index contributed by atoms with van der Waals surface area (Å²) < 4.78 is 0. The van der Waals surface area contributed by atoms with Crippen LogP contribution >= 0.6 is 0 Å². The van der Waals surface area contributed by atoms with Gasteiger partial charge in [0.2, 0.25) is 0 Å². The molecule has 0 amide bonds. The number of nitrogens with zero attached hydrogens (tertiary/aromatic N) is 3. The Labute approximate surface area is 115 Å². The molecule has 1 aromatic rings. The fraction of sp³-hybridized carbons (Fsp3) is 0.714. The second-order valence-electron chi connectivity index (χ2n) is 5.32. The van der Waals surface area contributed by atoms with Crippen LogP contribution in [0.15, 0.2) is 6.33 Å². The highest BCUT2D eigenvalue weighted by molar-refractivity contribution is 5.58. The fourth-order valence-electron chi connectivity index (χ4n) is 2.95. The summed E-state index contributed by atoms with van der Waals surface area (Å²) in [7, 11) is 2.15. The molecule has 0 spiro atoms. The molecule has 0 atom stereocenters. The lowest BCUT2D eigenvalue weighted by atomic mass is 9.94. The van der Waals surface area contributed by atoms with Gasteiger partial charge in [-0.1, -0.05) is 32.6 Å². The van der Waals surface area contributed by atoms with Crippen molar-refractivity contribution in [3.05, 3.63) is 11.9 Å². The average molecular weight is 263 g/mol. The van der Waals surface area contributed by atoms with E-state index in [0.29, 0.717) is 6.04 Å². The van der Waals surface area contributed by atoms with Crippen molar-refractivity contribution < 1.29 is 0 Å². The third kappa shape index (κ3) is 3.15. The standard InChI is InChI=1S/C14H25N5/c1-3-7-12-13(18-15)16-10-17-14(12)19(2)11-8-5-4-6-9-11/h10-11H,3-9,15H2,1-2H3,(H,16,17,18). The summed E-state index contributed by atoms with van der Waals surface area (Å²) in [5.41, 5.74) is 3.84. The van der Waals surface area contributed by atoms with Gasteiger partial charge in [-0.15, -0.1) is 0 Å². The minimum Gasteiger partial charge on any atom is -0.356 e. The molecule has 19 heavy (non-hydrogen) atoms. The van der Waals surface area contributed by atoms with Crippen molar-refractivity contribution in [2.24, 2.45) is 5.84 Å². The number of hydrazine groups is 1. The molecule has 1 aromatic heterocycles. The molecule has 0 radical (unpaired) electrons. The molecule has 0 bridgehead atoms. The number of nitrogens with two attached hydrogens (primary N) is 1. The first kappa shape index (κ1) is 14.1. The van der Waals surface area contributed by atoms with Crippen molar-refractivity contribution >= 4 is 11.6 Å². The van der Waals surface area contributed by atoms with Crippen molar-refractivity contribution in [1.29, 1.82) is 0 Å². The maximum absolute atomic E-state index is 5.57. The Hall–Kier alpha value is -1.36. The Kier molecular flexibility index (Phi) is 4.96. The van der Waals surface area contributed by atoms with Gasteiger partial charge in [-0.3, -0.25) is 0 Å². The second kappa shape index (κ2) is 6.70. The SMILES string of the molecule is CCCc1c(NN)ncnc1N(C)C1CCCCC1. The molecule has 1 aliphatic carbocycles. The number of nitrogen functional groups attached to an aromatic ring is 1. The van der Waals surface area contributed by atoms with Crippen LogP contribution in [0.4, 0.5) is 11.6 Å². The van der Waals surface area contributed by atoms with Crippen LogP contribution in [0, 0.1) is 0 Å². The van der Waals surface area contributed by atoms with Crippen molar-refractivity contribution in [3.8, 4) is 0 Å². The van der Waals surface area contributed by atoms with Crippen LogP contribution < -0.4 is 16.2 Å². The first-order chi connectivity index (χ1) is 9.27. The van der Waals surface area contributed by atoms with E-state index in [-0.39, 0.29) is 0 Å². The summed E-state index contributed by atoms with van der Waals surface area (Å²) in [6, 6.07) is 0.602. The largest absolute Gasteiger partial charge is 0.356 e. The third-order valence-corrected chi connectivity index (χ3v) is 4.02. The molecule has 0 aromatic carbocycles. The van der Waals surface area contributed by atoms with Crippen molar-refractivity contribution in [2.45, 2.75) is 57.9 Å². The number of hydrogen-bond donors (Lipinski definition) is 2. The molecule has 106 valence electrons. The topological polar surface area (TPSA) is 67.1 Å². The van der Waals surface area contributed by atoms with Crippen molar-refractivity contribution in [2.75, 3.05) is 17.4 Å². The van der Waals surface area contributed by atoms with E-state index in [4.69, 9.17) is 5.84 Å². The van der Waals surface area contributed by atoms with E-state index in [2.05, 4.69) is 34.3 Å². The molecule has 0 saturated heterocycles. The minimum absolute atomic E-state index is 0.602. The Balaban J connectivity index is 2.26. The average Bonchev–Trinajstić information content (AvgIpc) is 2.48. The maximum Gasteiger partial charge on any atom is 0.148 e. The zero-order valence-corrected chi connectivity index (χ0v) is 12.0. The summed E-state index contributed by atoms with van der Waals surface area (Å²) in [4.78, 5) is 11.1. The maximum atomic E-state index is 5.57. The molecule has 0 unspecified atom stereocenters. The number of rotatable bonds is 5. The fourth-order valence-corrected chi connectivity index (χ4v) is 2.95. The Morgan fingerprint density at radius 1 is 1.32 bits per heavy atom. The predicted octanol–water partition coefficient (Wildman–Crippen LogP) is 2.48. The summed E-state index contributed by atoms with van der Waals surface area (Å²) in [5.74, 6) is 7.37. The number of nitrogens with one attached hydrogen (secondary N) is 1. The zero-order valence-electron chi connectivity index (χ0n) is 12.0. The number of hydrogen-bond acceptors (Lipinski definition) is 5. The lowest BCUT2D eigenvalue weighted by Crippen LogP contribution is -2.35. The summed E-state index contributed by atoms with van der Waals surface area (Å²) in [6.07, 6.45) is 10.2. The Morgan fingerprint density at radius 2 is 2.05 bits per heavy atom. The molecule has 3 N–H and O–H groups in total. The van der Waals surface area contributed by atoms with E-state index >= 15 is 0 Å². The van der Waals surface area contributed by atoms with Gasteiger partial charge >= 0.3 is 0 Å². The molecule has 0 aliphatic heterocycles. The van der Waals surface area contributed by atoms with Gasteiger partial charge in [-0.2, -0.15) is 0 Å². The monoisotopic (exact) mass is 263 g/mol. The smallest absolute Gasteiger partial charge is 0.148 e. The Morgan fingerprint density at radius 3 is 2.68 bits per heavy atom. The van der Waals surface area contributed by atoms with Crippen LogP contribution in [-0.2, 0) is 6.42 Å². The van der Waals surface area contributed by atoms with Gasteiger partial charge in [0.1, 0.15) is 18.0 Å². The lowest BCUT2D eigenvalue weighted by molar-refractivity contribution is 0.425. The van der Waals surface area contributed by atoms with Gasteiger partial charge < -0.3 is 10.3 Å². The minimum atomic E-state index is 0.602. The van der Waals surface area contributed by atoms with Crippen LogP contribution in [0.3, 0.4) is 0 Å². The zero-order chi connectivity index (χ0) is 13.7. The van der Waals surface area contributed by atoms with E-state index in [1.807, 2.05) is 0 Å². The summed E-state index contributed by atoms with van der Waals surface area (Å²) in [6.45, 7) is 2.16. The van der Waals surface area contributed by atoms with Crippen LogP contribution in [0.2, 0.25) is 0 Å². The van der Waals surface area contributed by atoms with Gasteiger partial charge in [0, 0.05) is 18.7 Å². The third-order valence-electron chi connectivity index (χ3n) is 4.02. The number of anilines is 2. The van der Waals surface area contributed by atoms with E-state index in [1.165, 1.54) is 32.1 Å². The van der Waals surface area contributed by atoms with E-state index < -0.39 is 0 Å². The van der Waals surface area contributed by atoms with Gasteiger partial charge in [-0.05, 0) is 19.3 Å². The van der Waals surface area contributed by atoms with Gasteiger partial charge in [0.15, 0.2) is 0 Å². The first-order valence-electron chi connectivity index (χ1n) is 7.31. The molecule has 5 heteroatoms. The van der Waals surface area contributed by atoms with E-state index in [9.17, 15) is 0 Å². The summed E-state index contributed by atoms with van der Waals surface area (Å²) in [5, 5.41) is 0.